The highest BCUT2D eigenvalue weighted by Crippen LogP contribution is 2.33. The third-order valence-corrected chi connectivity index (χ3v) is 13.8. The molecule has 2 aromatic heterocycles. The molecule has 1 aliphatic heterocycles. The number of likely N-dealkylation sites (N-methyl/N-ethyl adjacent to an activating group) is 1. The number of ether oxygens (including phenoxy) is 2. The van der Waals surface area contributed by atoms with E-state index in [4.69, 9.17) is 14.0 Å². The van der Waals surface area contributed by atoms with Gasteiger partial charge in [-0.3, -0.25) is 28.8 Å². The third kappa shape index (κ3) is 14.2. The Hall–Kier alpha value is -7.00. The first-order chi connectivity index (χ1) is 35.0. The summed E-state index contributed by atoms with van der Waals surface area (Å²) in [6.07, 6.45) is 0.873. The number of aromatic nitrogens is 2. The number of fused-ring (bicyclic) bond motifs is 1. The van der Waals surface area contributed by atoms with Crippen molar-refractivity contribution in [1.82, 2.24) is 41.2 Å². The van der Waals surface area contributed by atoms with Gasteiger partial charge in [-0.05, 0) is 59.6 Å². The number of carbonyl (C=O) groups excluding carboxylic acids is 6. The van der Waals surface area contributed by atoms with Gasteiger partial charge in [0.05, 0.1) is 60.2 Å². The van der Waals surface area contributed by atoms with Crippen molar-refractivity contribution < 1.29 is 53.0 Å². The van der Waals surface area contributed by atoms with Gasteiger partial charge in [0.1, 0.15) is 17.8 Å². The van der Waals surface area contributed by atoms with Gasteiger partial charge in [-0.25, -0.2) is 4.98 Å². The van der Waals surface area contributed by atoms with Crippen LogP contribution in [-0.4, -0.2) is 137 Å². The summed E-state index contributed by atoms with van der Waals surface area (Å²) in [7, 11) is 1.55. The van der Waals surface area contributed by atoms with Gasteiger partial charge in [0.15, 0.2) is 11.5 Å². The molecule has 73 heavy (non-hydrogen) atoms. The Bertz CT molecular complexity index is 2750. The molecule has 2 aliphatic rings. The molecule has 7 rings (SSSR count). The number of nitrogens with zero attached hydrogens (tertiary/aromatic N) is 4. The minimum Gasteiger partial charge on any atom is -0.507 e. The van der Waals surface area contributed by atoms with Gasteiger partial charge < -0.3 is 55.3 Å². The highest BCUT2D eigenvalue weighted by molar-refractivity contribution is 7.13. The average Bonchev–Trinajstić information content (AvgIpc) is 4.20. The number of rotatable bonds is 22. The molecular formula is C53H64N8O11S. The number of aliphatic hydroxyl groups is 1. The molecule has 5 aromatic rings. The van der Waals surface area contributed by atoms with Crippen molar-refractivity contribution in [1.29, 1.82) is 0 Å². The molecule has 0 radical (unpaired) electrons. The van der Waals surface area contributed by atoms with Gasteiger partial charge >= 0.3 is 0 Å². The van der Waals surface area contributed by atoms with E-state index in [1.165, 1.54) is 33.6 Å². The molecule has 0 bridgehead atoms. The zero-order chi connectivity index (χ0) is 52.2. The van der Waals surface area contributed by atoms with Gasteiger partial charge in [-0.1, -0.05) is 80.5 Å². The molecule has 1 unspecified atom stereocenters. The summed E-state index contributed by atoms with van der Waals surface area (Å²) in [5.41, 5.74) is 6.80. The largest absolute Gasteiger partial charge is 0.507 e. The number of thiazole rings is 1. The molecule has 6 amide bonds. The Morgan fingerprint density at radius 3 is 2.33 bits per heavy atom. The Kier molecular flexibility index (Phi) is 18.1. The van der Waals surface area contributed by atoms with E-state index in [9.17, 15) is 39.0 Å². The summed E-state index contributed by atoms with van der Waals surface area (Å²) in [4.78, 5) is 87.1. The Morgan fingerprint density at radius 1 is 0.918 bits per heavy atom. The lowest BCUT2D eigenvalue weighted by Crippen LogP contribution is -2.57. The minimum atomic E-state index is -0.976. The molecule has 20 heteroatoms. The Labute approximate surface area is 428 Å². The number of benzene rings is 3. The minimum absolute atomic E-state index is 0.0372. The highest BCUT2D eigenvalue weighted by Gasteiger charge is 2.44. The summed E-state index contributed by atoms with van der Waals surface area (Å²) in [5, 5.41) is 36.7. The standard InChI is InChI=1S/C53H64N8O11S/c1-32-47(73-31-56-32)35-12-10-33(11-13-35)29-55-50(67)42-27-37(62)30-61(42)52(69)48(53(2,3)4)58-46(65)19-23-71-25-24-70-22-18-45(64)54-20-21-60(5)51(68)39-16-14-36(26-43(39)63)44-28-41(59-72-44)49(66)57-40-17-15-34-8-6-7-9-38(34)40/h6-14,16,26,28,31,37,40,42,48,62-63H,15,17-25,27,29-30H2,1-5H3,(H,54,64)(H,55,67)(H,57,66)(H,58,65)/t37-,40-,42+,48?/m1/s1. The topological polar surface area (TPSA) is 255 Å². The fraction of sp³-hybridized carbons (Fsp3) is 0.434. The van der Waals surface area contributed by atoms with Gasteiger partial charge in [0.2, 0.25) is 23.6 Å². The van der Waals surface area contributed by atoms with Crippen LogP contribution in [0.4, 0.5) is 0 Å². The van der Waals surface area contributed by atoms with E-state index in [1.807, 2.05) is 70.2 Å². The van der Waals surface area contributed by atoms with Crippen LogP contribution in [0.1, 0.15) is 95.7 Å². The van der Waals surface area contributed by atoms with E-state index < -0.39 is 47.2 Å². The molecule has 1 saturated heterocycles. The predicted octanol–water partition coefficient (Wildman–Crippen LogP) is 4.71. The fourth-order valence-electron chi connectivity index (χ4n) is 8.75. The maximum absolute atomic E-state index is 14.0. The van der Waals surface area contributed by atoms with E-state index in [-0.39, 0.29) is 112 Å². The zero-order valence-corrected chi connectivity index (χ0v) is 42.6. The van der Waals surface area contributed by atoms with Crippen LogP contribution >= 0.6 is 11.3 Å². The normalized spacial score (nSPS) is 16.6. The van der Waals surface area contributed by atoms with Crippen LogP contribution in [0.2, 0.25) is 0 Å². The quantitative estimate of drug-likeness (QED) is 0.0515. The lowest BCUT2D eigenvalue weighted by Gasteiger charge is -2.35. The van der Waals surface area contributed by atoms with Crippen LogP contribution in [0.5, 0.6) is 5.75 Å². The Balaban J connectivity index is 0.751. The number of likely N-dealkylation sites (tertiary alicyclic amines) is 1. The summed E-state index contributed by atoms with van der Waals surface area (Å²) >= 11 is 1.56. The van der Waals surface area contributed by atoms with Crippen molar-refractivity contribution in [2.24, 2.45) is 5.41 Å². The van der Waals surface area contributed by atoms with Gasteiger partial charge in [-0.15, -0.1) is 11.3 Å². The third-order valence-electron chi connectivity index (χ3n) is 12.8. The highest BCUT2D eigenvalue weighted by atomic mass is 32.1. The van der Waals surface area contributed by atoms with E-state index in [1.54, 1.807) is 30.0 Å². The van der Waals surface area contributed by atoms with Crippen molar-refractivity contribution in [3.8, 4) is 27.5 Å². The van der Waals surface area contributed by atoms with Crippen molar-refractivity contribution in [2.75, 3.05) is 53.1 Å². The Morgan fingerprint density at radius 2 is 1.63 bits per heavy atom. The number of amides is 6. The molecular weight excluding hydrogens is 957 g/mol. The second-order valence-electron chi connectivity index (χ2n) is 19.3. The monoisotopic (exact) mass is 1020 g/mol. The molecule has 1 fully saturated rings. The molecule has 19 nitrogen and oxygen atoms in total. The number of aromatic hydroxyl groups is 1. The zero-order valence-electron chi connectivity index (χ0n) is 41.8. The summed E-state index contributed by atoms with van der Waals surface area (Å²) < 4.78 is 16.5. The number of phenols is 1. The number of aliphatic hydroxyl groups excluding tert-OH is 1. The predicted molar refractivity (Wildman–Crippen MR) is 271 cm³/mol. The average molecular weight is 1020 g/mol. The lowest BCUT2D eigenvalue weighted by atomic mass is 9.85. The number of aryl methyl sites for hydroxylation is 2. The number of nitrogens with one attached hydrogen (secondary N) is 4. The van der Waals surface area contributed by atoms with Crippen LogP contribution in [0.25, 0.3) is 21.8 Å². The first-order valence-corrected chi connectivity index (χ1v) is 25.3. The van der Waals surface area contributed by atoms with Gasteiger partial charge in [0.25, 0.3) is 11.8 Å². The maximum Gasteiger partial charge on any atom is 0.273 e. The number of β-amino-alcohol motifs (C(OH)–C–C–N with tert-alkyl or cyclic N) is 1. The summed E-state index contributed by atoms with van der Waals surface area (Å²) in [6, 6.07) is 19.7. The molecule has 4 atom stereocenters. The number of phenolic OH excluding ortho intramolecular Hbond substituents is 1. The van der Waals surface area contributed by atoms with Gasteiger partial charge in [-0.2, -0.15) is 0 Å². The van der Waals surface area contributed by atoms with Crippen LogP contribution in [0.15, 0.2) is 82.8 Å². The number of hydrogen-bond acceptors (Lipinski definition) is 14. The van der Waals surface area contributed by atoms with Crippen LogP contribution in [0, 0.1) is 12.3 Å². The summed E-state index contributed by atoms with van der Waals surface area (Å²) in [6.45, 7) is 8.39. The van der Waals surface area contributed by atoms with Crippen molar-refractivity contribution >= 4 is 46.8 Å². The van der Waals surface area contributed by atoms with Crippen molar-refractivity contribution in [3.63, 3.8) is 0 Å². The lowest BCUT2D eigenvalue weighted by molar-refractivity contribution is -0.144. The molecule has 1 aliphatic carbocycles. The molecule has 3 heterocycles. The number of hydrogen-bond donors (Lipinski definition) is 6. The molecule has 0 saturated carbocycles. The molecule has 0 spiro atoms. The van der Waals surface area contributed by atoms with Crippen LogP contribution in [-0.2, 0) is 41.6 Å². The molecule has 388 valence electrons. The maximum atomic E-state index is 14.0. The van der Waals surface area contributed by atoms with E-state index in [2.05, 4.69) is 37.5 Å². The van der Waals surface area contributed by atoms with E-state index >= 15 is 0 Å². The van der Waals surface area contributed by atoms with Crippen molar-refractivity contribution in [2.45, 2.75) is 90.6 Å². The molecule has 6 N–H and O–H groups in total. The second-order valence-corrected chi connectivity index (χ2v) is 20.2. The fourth-order valence-corrected chi connectivity index (χ4v) is 9.56. The van der Waals surface area contributed by atoms with Crippen LogP contribution < -0.4 is 21.3 Å². The first kappa shape index (κ1) is 53.8. The van der Waals surface area contributed by atoms with Gasteiger partial charge in [0, 0.05) is 64.1 Å². The van der Waals surface area contributed by atoms with Crippen LogP contribution in [0.3, 0.4) is 0 Å². The summed E-state index contributed by atoms with van der Waals surface area (Å²) in [5.74, 6) is -2.45. The van der Waals surface area contributed by atoms with E-state index in [0.29, 0.717) is 5.56 Å². The first-order valence-electron chi connectivity index (χ1n) is 24.4. The molecule has 3 aromatic carbocycles. The van der Waals surface area contributed by atoms with Crippen molar-refractivity contribution in [3.05, 3.63) is 112 Å². The SMILES string of the molecule is Cc1ncsc1-c1ccc(CNC(=O)[C@@H]2C[C@@H](O)CN2C(=O)C(NC(=O)CCOCCOCCC(=O)NCCN(C)C(=O)c2ccc(-c3cc(C(=O)N[C@@H]4CCc5ccccc54)no3)cc2O)C(C)(C)C)cc1. The van der Waals surface area contributed by atoms with E-state index in [0.717, 1.165) is 40.1 Å². The number of carbonyl (C=O) groups is 6. The second kappa shape index (κ2) is 24.6. The smallest absolute Gasteiger partial charge is 0.273 e.